The van der Waals surface area contributed by atoms with Crippen LogP contribution in [0.2, 0.25) is 0 Å². The molecule has 1 atom stereocenters. The number of rotatable bonds is 1. The molecule has 2 heterocycles. The van der Waals surface area contributed by atoms with Crippen molar-refractivity contribution in [3.05, 3.63) is 23.8 Å². The SMILES string of the molecule is CC1(c2ccc3c(c2)OCO3)OC(N)=NC1=O. The highest BCUT2D eigenvalue weighted by Gasteiger charge is 2.43. The third-order valence-electron chi connectivity index (χ3n) is 2.85. The summed E-state index contributed by atoms with van der Waals surface area (Å²) >= 11 is 0. The van der Waals surface area contributed by atoms with Crippen LogP contribution in [0.5, 0.6) is 11.5 Å². The first-order valence-electron chi connectivity index (χ1n) is 5.07. The molecule has 0 bridgehead atoms. The van der Waals surface area contributed by atoms with Crippen molar-refractivity contribution in [1.29, 1.82) is 0 Å². The Morgan fingerprint density at radius 3 is 2.82 bits per heavy atom. The molecule has 0 radical (unpaired) electrons. The molecule has 1 aromatic rings. The van der Waals surface area contributed by atoms with E-state index in [1.807, 2.05) is 0 Å². The van der Waals surface area contributed by atoms with Crippen LogP contribution in [0.1, 0.15) is 12.5 Å². The fourth-order valence-corrected chi connectivity index (χ4v) is 1.86. The van der Waals surface area contributed by atoms with Crippen LogP contribution in [0.4, 0.5) is 0 Å². The van der Waals surface area contributed by atoms with E-state index in [9.17, 15) is 4.79 Å². The van der Waals surface area contributed by atoms with E-state index < -0.39 is 11.5 Å². The zero-order chi connectivity index (χ0) is 12.0. The van der Waals surface area contributed by atoms with Crippen molar-refractivity contribution in [1.82, 2.24) is 0 Å². The minimum Gasteiger partial charge on any atom is -0.454 e. The predicted molar refractivity (Wildman–Crippen MR) is 57.6 cm³/mol. The predicted octanol–water partition coefficient (Wildman–Crippen LogP) is 0.502. The minimum atomic E-state index is -1.18. The molecule has 0 saturated heterocycles. The van der Waals surface area contributed by atoms with Gasteiger partial charge in [-0.05, 0) is 19.1 Å². The highest BCUT2D eigenvalue weighted by molar-refractivity contribution is 6.01. The summed E-state index contributed by atoms with van der Waals surface area (Å²) in [6.07, 6.45) is 0. The van der Waals surface area contributed by atoms with Crippen molar-refractivity contribution in [2.45, 2.75) is 12.5 Å². The fraction of sp³-hybridized carbons (Fsp3) is 0.273. The van der Waals surface area contributed by atoms with E-state index in [0.717, 1.165) is 0 Å². The Morgan fingerprint density at radius 1 is 1.35 bits per heavy atom. The van der Waals surface area contributed by atoms with Gasteiger partial charge in [-0.3, -0.25) is 4.79 Å². The van der Waals surface area contributed by atoms with Crippen LogP contribution < -0.4 is 15.2 Å². The second-order valence-corrected chi connectivity index (χ2v) is 3.96. The van der Waals surface area contributed by atoms with Crippen LogP contribution in [0, 0.1) is 0 Å². The normalized spacial score (nSPS) is 25.7. The van der Waals surface area contributed by atoms with Crippen molar-refractivity contribution in [3.8, 4) is 11.5 Å². The molecular weight excluding hydrogens is 224 g/mol. The van der Waals surface area contributed by atoms with Gasteiger partial charge in [0.15, 0.2) is 11.5 Å². The molecule has 3 rings (SSSR count). The monoisotopic (exact) mass is 234 g/mol. The first kappa shape index (κ1) is 9.95. The largest absolute Gasteiger partial charge is 0.454 e. The van der Waals surface area contributed by atoms with E-state index >= 15 is 0 Å². The summed E-state index contributed by atoms with van der Waals surface area (Å²) in [4.78, 5) is 15.3. The molecule has 88 valence electrons. The number of hydrogen-bond acceptors (Lipinski definition) is 5. The Bertz CT molecular complexity index is 540. The van der Waals surface area contributed by atoms with E-state index in [4.69, 9.17) is 19.9 Å². The lowest BCUT2D eigenvalue weighted by atomic mass is 9.95. The van der Waals surface area contributed by atoms with Gasteiger partial charge in [0.1, 0.15) is 0 Å². The van der Waals surface area contributed by atoms with E-state index in [0.29, 0.717) is 17.1 Å². The van der Waals surface area contributed by atoms with Crippen LogP contribution >= 0.6 is 0 Å². The molecule has 2 aliphatic rings. The maximum atomic E-state index is 11.7. The average Bonchev–Trinajstić information content (AvgIpc) is 2.83. The fourth-order valence-electron chi connectivity index (χ4n) is 1.86. The molecule has 2 N–H and O–H groups in total. The lowest BCUT2D eigenvalue weighted by molar-refractivity contribution is -0.130. The average molecular weight is 234 g/mol. The first-order valence-corrected chi connectivity index (χ1v) is 5.07. The Hall–Kier alpha value is -2.24. The van der Waals surface area contributed by atoms with E-state index in [1.165, 1.54) is 0 Å². The molecular formula is C11H10N2O4. The highest BCUT2D eigenvalue weighted by Crippen LogP contribution is 2.38. The second-order valence-electron chi connectivity index (χ2n) is 3.96. The number of carbonyl (C=O) groups excluding carboxylic acids is 1. The number of aliphatic imine (C=N–C) groups is 1. The number of benzene rings is 1. The molecule has 1 amide bonds. The van der Waals surface area contributed by atoms with Crippen molar-refractivity contribution < 1.29 is 19.0 Å². The molecule has 2 aliphatic heterocycles. The molecule has 6 nitrogen and oxygen atoms in total. The summed E-state index contributed by atoms with van der Waals surface area (Å²) in [5, 5.41) is 0. The van der Waals surface area contributed by atoms with Gasteiger partial charge in [-0.1, -0.05) is 6.07 Å². The van der Waals surface area contributed by atoms with Crippen LogP contribution in [-0.2, 0) is 15.1 Å². The minimum absolute atomic E-state index is 0.116. The first-order chi connectivity index (χ1) is 8.09. The zero-order valence-electron chi connectivity index (χ0n) is 9.10. The summed E-state index contributed by atoms with van der Waals surface area (Å²) in [6, 6.07) is 5.05. The van der Waals surface area contributed by atoms with Gasteiger partial charge < -0.3 is 19.9 Å². The quantitative estimate of drug-likeness (QED) is 0.765. The van der Waals surface area contributed by atoms with Gasteiger partial charge in [0, 0.05) is 5.56 Å². The highest BCUT2D eigenvalue weighted by atomic mass is 16.7. The van der Waals surface area contributed by atoms with Gasteiger partial charge in [-0.25, -0.2) is 0 Å². The maximum Gasteiger partial charge on any atom is 0.298 e. The Kier molecular flexibility index (Phi) is 1.83. The Labute approximate surface area is 97.0 Å². The standard InChI is InChI=1S/C11H10N2O4/c1-11(9(14)13-10(12)17-11)6-2-3-7-8(4-6)16-5-15-7/h2-4H,5H2,1H3,(H2,12,13,14). The molecule has 0 aliphatic carbocycles. The number of ether oxygens (including phenoxy) is 3. The molecule has 17 heavy (non-hydrogen) atoms. The zero-order valence-corrected chi connectivity index (χ0v) is 9.10. The van der Waals surface area contributed by atoms with Gasteiger partial charge in [0.2, 0.25) is 12.4 Å². The molecule has 0 saturated carbocycles. The number of nitrogens with zero attached hydrogens (tertiary/aromatic N) is 1. The number of amidine groups is 1. The number of nitrogens with two attached hydrogens (primary N) is 1. The summed E-state index contributed by atoms with van der Waals surface area (Å²) in [5.41, 5.74) is 4.86. The summed E-state index contributed by atoms with van der Waals surface area (Å²) in [6.45, 7) is 1.80. The van der Waals surface area contributed by atoms with Gasteiger partial charge >= 0.3 is 0 Å². The van der Waals surface area contributed by atoms with Gasteiger partial charge in [0.05, 0.1) is 0 Å². The number of hydrogen-bond donors (Lipinski definition) is 1. The molecule has 1 aromatic carbocycles. The Morgan fingerprint density at radius 2 is 2.12 bits per heavy atom. The van der Waals surface area contributed by atoms with Crippen LogP contribution in [0.15, 0.2) is 23.2 Å². The van der Waals surface area contributed by atoms with Gasteiger partial charge in [-0.15, -0.1) is 0 Å². The van der Waals surface area contributed by atoms with Crippen molar-refractivity contribution >= 4 is 11.9 Å². The lowest BCUT2D eigenvalue weighted by Crippen LogP contribution is -2.31. The van der Waals surface area contributed by atoms with Gasteiger partial charge in [0.25, 0.3) is 11.9 Å². The topological polar surface area (TPSA) is 83.1 Å². The number of fused-ring (bicyclic) bond motifs is 1. The number of carbonyl (C=O) groups is 1. The second kappa shape index (κ2) is 3.13. The van der Waals surface area contributed by atoms with Crippen LogP contribution in [0.25, 0.3) is 0 Å². The summed E-state index contributed by atoms with van der Waals surface area (Å²) in [5.74, 6) is 0.816. The smallest absolute Gasteiger partial charge is 0.298 e. The maximum absolute atomic E-state index is 11.7. The van der Waals surface area contributed by atoms with Crippen molar-refractivity contribution in [3.63, 3.8) is 0 Å². The molecule has 0 aromatic heterocycles. The molecule has 0 fully saturated rings. The summed E-state index contributed by atoms with van der Waals surface area (Å²) in [7, 11) is 0. The Balaban J connectivity index is 2.03. The van der Waals surface area contributed by atoms with Crippen LogP contribution in [0.3, 0.4) is 0 Å². The summed E-state index contributed by atoms with van der Waals surface area (Å²) < 4.78 is 15.7. The molecule has 1 unspecified atom stereocenters. The van der Waals surface area contributed by atoms with Gasteiger partial charge in [-0.2, -0.15) is 4.99 Å². The molecule has 6 heteroatoms. The number of amides is 1. The van der Waals surface area contributed by atoms with E-state index in [1.54, 1.807) is 25.1 Å². The van der Waals surface area contributed by atoms with Crippen LogP contribution in [-0.4, -0.2) is 18.7 Å². The third-order valence-corrected chi connectivity index (χ3v) is 2.85. The van der Waals surface area contributed by atoms with Crippen molar-refractivity contribution in [2.75, 3.05) is 6.79 Å². The van der Waals surface area contributed by atoms with E-state index in [2.05, 4.69) is 4.99 Å². The van der Waals surface area contributed by atoms with E-state index in [-0.39, 0.29) is 12.8 Å². The third kappa shape index (κ3) is 1.33. The molecule has 0 spiro atoms. The van der Waals surface area contributed by atoms with Crippen molar-refractivity contribution in [2.24, 2.45) is 10.7 Å². The lowest BCUT2D eigenvalue weighted by Gasteiger charge is -2.21.